The van der Waals surface area contributed by atoms with Crippen LogP contribution in [0.4, 0.5) is 19.2 Å². The largest absolute Gasteiger partial charge is 0.396 e. The highest BCUT2D eigenvalue weighted by molar-refractivity contribution is 8.14. The lowest BCUT2D eigenvalue weighted by molar-refractivity contribution is 0.162. The number of nitrogens with one attached hydrogen (secondary N) is 6. The first-order chi connectivity index (χ1) is 47.1. The molecule has 28 heteroatoms. The number of H-pyrrole nitrogens is 6. The first-order valence-corrected chi connectivity index (χ1v) is 32.6. The molecule has 96 heavy (non-hydrogen) atoms. The molecule has 2 aliphatic rings. The molecule has 0 saturated heterocycles. The molecule has 11 aromatic heterocycles. The molecule has 0 saturated carbocycles. The van der Waals surface area contributed by atoms with Gasteiger partial charge in [0.2, 0.25) is 0 Å². The third-order valence-electron chi connectivity index (χ3n) is 15.6. The highest BCUT2D eigenvalue weighted by Gasteiger charge is 2.27. The van der Waals surface area contributed by atoms with Crippen molar-refractivity contribution in [2.75, 3.05) is 0 Å². The Bertz CT molecular complexity index is 5400. The maximum atomic E-state index is 13.8. The predicted molar refractivity (Wildman–Crippen MR) is 364 cm³/mol. The van der Waals surface area contributed by atoms with Gasteiger partial charge in [-0.05, 0) is 217 Å². The van der Waals surface area contributed by atoms with Crippen molar-refractivity contribution in [3.63, 3.8) is 0 Å². The first kappa shape index (κ1) is 57.6. The Kier molecular flexibility index (Phi) is 14.4. The van der Waals surface area contributed by atoms with Crippen LogP contribution in [-0.4, -0.2) is 99.9 Å². The summed E-state index contributed by atoms with van der Waals surface area (Å²) < 4.78 is 5.62. The van der Waals surface area contributed by atoms with Gasteiger partial charge in [0.25, 0.3) is 0 Å². The molecule has 0 unspecified atom stereocenters. The Morgan fingerprint density at radius 2 is 0.594 bits per heavy atom. The molecule has 24 nitrogen and oxygen atoms in total. The van der Waals surface area contributed by atoms with E-state index in [1.807, 2.05) is 109 Å². The summed E-state index contributed by atoms with van der Waals surface area (Å²) in [6.07, 6.45) is 13.8. The highest BCUT2D eigenvalue weighted by atomic mass is 32.2. The molecular weight excluding hydrogens is 1300 g/mol. The minimum absolute atomic E-state index is 0.232. The van der Waals surface area contributed by atoms with E-state index in [9.17, 15) is 19.2 Å². The van der Waals surface area contributed by atoms with E-state index in [1.165, 1.54) is 18.9 Å². The highest BCUT2D eigenvalue weighted by Crippen LogP contribution is 2.42. The number of carbonyl (C=O) groups is 4. The normalized spacial score (nSPS) is 11.7. The average Bonchev–Trinajstić information content (AvgIpc) is 1.60. The number of hydrogen-bond acceptors (Lipinski definition) is 18. The van der Waals surface area contributed by atoms with Crippen LogP contribution in [0.1, 0.15) is 0 Å². The molecule has 0 spiro atoms. The van der Waals surface area contributed by atoms with Crippen LogP contribution in [-0.2, 0) is 0 Å². The maximum absolute atomic E-state index is 13.8. The summed E-state index contributed by atoms with van der Waals surface area (Å²) in [7, 11) is 0. The van der Waals surface area contributed by atoms with Crippen LogP contribution >= 0.6 is 47.0 Å². The Balaban J connectivity index is 0.809. The van der Waals surface area contributed by atoms with Crippen molar-refractivity contribution >= 4 is 112 Å². The summed E-state index contributed by atoms with van der Waals surface area (Å²) in [5.74, 6) is 0.969. The van der Waals surface area contributed by atoms with Gasteiger partial charge < -0.3 is 49.3 Å². The lowest BCUT2D eigenvalue weighted by Gasteiger charge is -2.08. The molecule has 6 N–H and O–H groups in total. The topological polar surface area (TPSA) is 297 Å². The van der Waals surface area contributed by atoms with E-state index < -0.39 is 21.2 Å². The van der Waals surface area contributed by atoms with Crippen molar-refractivity contribution in [1.82, 2.24) is 78.7 Å². The summed E-state index contributed by atoms with van der Waals surface area (Å²) in [6.45, 7) is 0. The van der Waals surface area contributed by atoms with Crippen molar-refractivity contribution < 1.29 is 38.5 Å². The Hall–Kier alpha value is -12.2. The molecule has 2 aliphatic heterocycles. The zero-order valence-electron chi connectivity index (χ0n) is 49.2. The number of benzene rings is 4. The maximum Gasteiger partial charge on any atom is 0.396 e. The van der Waals surface area contributed by atoms with Gasteiger partial charge in [0.05, 0.1) is 22.8 Å². The van der Waals surface area contributed by atoms with Gasteiger partial charge in [-0.1, -0.05) is 0 Å². The minimum Gasteiger partial charge on any atom is -0.360 e. The fraction of sp³-hybridized carbons (Fsp3) is 0. The van der Waals surface area contributed by atoms with Crippen molar-refractivity contribution in [2.45, 2.75) is 19.6 Å². The lowest BCUT2D eigenvalue weighted by Crippen LogP contribution is -2.15. The molecule has 15 aromatic rings. The van der Waals surface area contributed by atoms with Gasteiger partial charge in [-0.3, -0.25) is 0 Å². The zero-order valence-corrected chi connectivity index (χ0v) is 52.4. The Labute approximate surface area is 556 Å². The number of aromatic nitrogens is 16. The van der Waals surface area contributed by atoms with E-state index in [4.69, 9.17) is 49.3 Å². The summed E-state index contributed by atoms with van der Waals surface area (Å²) in [6, 6.07) is 51.1. The van der Waals surface area contributed by atoms with E-state index in [1.54, 1.807) is 110 Å². The molecular formula is C68H42N16O8S4. The Morgan fingerprint density at radius 1 is 0.302 bits per heavy atom. The van der Waals surface area contributed by atoms with Crippen molar-refractivity contribution in [2.24, 2.45) is 0 Å². The number of nitrogens with zero attached hydrogens (tertiary/aromatic N) is 10. The van der Waals surface area contributed by atoms with Crippen LogP contribution in [0, 0.1) is 0 Å². The van der Waals surface area contributed by atoms with Gasteiger partial charge >= 0.3 is 21.2 Å². The smallest absolute Gasteiger partial charge is 0.360 e. The summed E-state index contributed by atoms with van der Waals surface area (Å²) in [5.41, 5.74) is 9.20. The quantitative estimate of drug-likeness (QED) is 0.0619. The van der Waals surface area contributed by atoms with Gasteiger partial charge in [0.15, 0.2) is 23.3 Å². The number of aromatic amines is 6. The summed E-state index contributed by atoms with van der Waals surface area (Å²) >= 11 is 3.52. The molecule has 0 fully saturated rings. The van der Waals surface area contributed by atoms with Gasteiger partial charge in [-0.25, -0.2) is 49.1 Å². The van der Waals surface area contributed by atoms with E-state index in [2.05, 4.69) is 29.9 Å². The minimum atomic E-state index is -0.606. The number of hydrogen-bond donors (Lipinski definition) is 6. The molecule has 0 radical (unpaired) electrons. The van der Waals surface area contributed by atoms with Crippen LogP contribution in [0.2, 0.25) is 0 Å². The molecule has 466 valence electrons. The van der Waals surface area contributed by atoms with E-state index in [0.29, 0.717) is 109 Å². The third-order valence-corrected chi connectivity index (χ3v) is 18.5. The van der Waals surface area contributed by atoms with Crippen molar-refractivity contribution in [1.29, 1.82) is 0 Å². The fourth-order valence-electron chi connectivity index (χ4n) is 11.3. The van der Waals surface area contributed by atoms with Crippen LogP contribution in [0.5, 0.6) is 0 Å². The average molecular weight is 1340 g/mol. The zero-order chi connectivity index (χ0) is 64.4. The van der Waals surface area contributed by atoms with Crippen LogP contribution in [0.3, 0.4) is 0 Å². The van der Waals surface area contributed by atoms with E-state index in [-0.39, 0.29) is 23.3 Å². The number of rotatable bonds is 12. The second kappa shape index (κ2) is 24.0. The van der Waals surface area contributed by atoms with Gasteiger partial charge in [-0.15, -0.1) is 0 Å². The number of carbonyl (C=O) groups excluding carboxylic acids is 4. The van der Waals surface area contributed by atoms with Crippen molar-refractivity contribution in [3.8, 4) is 91.1 Å². The molecule has 17 rings (SSSR count). The number of thioether (sulfide) groups is 4. The SMILES string of the molecule is O=C(On1cccc1-c1ccc[nH]1)Sc1ccc2c(c1)-c1nc-2nc2[nH]c(nc3nc(nc4[nH]c(n1)c1ccc(SC(=O)On5cccc5-c5ccc[nH]5)cc41)-c1ccc(SC(=O)On4cccc4-c4ccc[nH]4)cc1-3)c1ccc(SC(=O)On3cccc3-c3ccc[nH]3)cc21. The van der Waals surface area contributed by atoms with Gasteiger partial charge in [-0.2, -0.15) is 18.9 Å². The lowest BCUT2D eigenvalue weighted by atomic mass is 10.1. The Morgan fingerprint density at radius 3 is 0.906 bits per heavy atom. The fourth-order valence-corrected chi connectivity index (χ4v) is 13.8. The monoisotopic (exact) mass is 1340 g/mol. The summed E-state index contributed by atoms with van der Waals surface area (Å²) in [5, 5.41) is -0.0939. The molecule has 0 atom stereocenters. The molecule has 0 amide bonds. The standard InChI is InChI=1S/C68H42N16O8S4/c85-65(89-81-29-5-13-53(81)49-9-1-25-69-49)93-37-17-21-41-45(33-37)61-73-57(41)78-62-47-35-39(95-67(87)91-83-31-7-15-55(83)51-11-3-27-71-51)19-23-43(47)59(75-62)80-64-48-36-40(96-68(88)92-84-32-8-16-56(84)52-12-4-28-72-52)20-24-44(48)60(76-64)79-63-46-34-38(18-22-42(46)58(74-63)77-61)94-66(86)90-82-30-6-14-54(82)50-10-2-26-70-50/h1-36,69-72H,(H2,73,74,75,76,77,78,79,80). The van der Waals surface area contributed by atoms with Crippen LogP contribution < -0.4 is 19.4 Å². The second-order valence-corrected chi connectivity index (χ2v) is 25.5. The van der Waals surface area contributed by atoms with Gasteiger partial charge in [0.1, 0.15) is 45.4 Å². The van der Waals surface area contributed by atoms with Gasteiger partial charge in [0, 0.05) is 113 Å². The molecule has 4 aromatic carbocycles. The molecule has 0 aliphatic carbocycles. The van der Waals surface area contributed by atoms with Crippen molar-refractivity contribution in [3.05, 3.63) is 219 Å². The molecule has 8 bridgehead atoms. The van der Waals surface area contributed by atoms with Crippen LogP contribution in [0.25, 0.3) is 135 Å². The summed E-state index contributed by atoms with van der Waals surface area (Å²) in [4.78, 5) is 132. The predicted octanol–water partition coefficient (Wildman–Crippen LogP) is 15.4. The number of fused-ring (bicyclic) bond motifs is 20. The molecule has 13 heterocycles. The van der Waals surface area contributed by atoms with E-state index in [0.717, 1.165) is 69.8 Å². The first-order valence-electron chi connectivity index (χ1n) is 29.4. The third kappa shape index (κ3) is 11.0. The van der Waals surface area contributed by atoms with E-state index >= 15 is 0 Å². The second-order valence-electron chi connectivity index (χ2n) is 21.4. The van der Waals surface area contributed by atoms with Crippen LogP contribution in [0.15, 0.2) is 239 Å².